The quantitative estimate of drug-likeness (QED) is 0.178. The molecule has 6 rings (SSSR count). The Bertz CT molecular complexity index is 1700. The number of carbonyl (C=O) groups excluding carboxylic acids is 2. The fourth-order valence-electron chi connectivity index (χ4n) is 6.09. The zero-order valence-electron chi connectivity index (χ0n) is 24.0. The van der Waals surface area contributed by atoms with E-state index in [4.69, 9.17) is 15.9 Å². The molecule has 2 saturated heterocycles. The lowest BCUT2D eigenvalue weighted by atomic mass is 10.1. The topological polar surface area (TPSA) is 168 Å². The molecule has 3 atom stereocenters. The molecule has 0 bridgehead atoms. The largest absolute Gasteiger partial charge is 0.390 e. The van der Waals surface area contributed by atoms with Crippen LogP contribution in [0.5, 0.6) is 0 Å². The number of fused-ring (bicyclic) bond motifs is 2. The summed E-state index contributed by atoms with van der Waals surface area (Å²) >= 11 is 1.24. The Kier molecular flexibility index (Phi) is 8.08. The number of nitrogens with one attached hydrogen (secondary N) is 3. The van der Waals surface area contributed by atoms with Gasteiger partial charge in [0, 0.05) is 55.5 Å². The molecule has 228 valence electrons. The van der Waals surface area contributed by atoms with Gasteiger partial charge in [-0.2, -0.15) is 8.42 Å². The molecular formula is C29H36N7O5S2+. The number of thiazole rings is 1. The monoisotopic (exact) mass is 626 g/mol. The Morgan fingerprint density at radius 3 is 2.70 bits per heavy atom. The van der Waals surface area contributed by atoms with Crippen LogP contribution in [0.4, 0.5) is 0 Å². The van der Waals surface area contributed by atoms with Gasteiger partial charge in [-0.15, -0.1) is 15.2 Å². The minimum atomic E-state index is -4.33. The number of quaternary nitrogens is 1. The van der Waals surface area contributed by atoms with E-state index < -0.39 is 25.9 Å². The number of carbonyl (C=O) groups is 2. The number of amides is 2. The predicted octanol–water partition coefficient (Wildman–Crippen LogP) is 1.18. The number of ether oxygens (including phenoxy) is 1. The van der Waals surface area contributed by atoms with Crippen LogP contribution in [0.2, 0.25) is 0 Å². The number of piperazine rings is 1. The van der Waals surface area contributed by atoms with Gasteiger partial charge < -0.3 is 26.0 Å². The lowest BCUT2D eigenvalue weighted by Crippen LogP contribution is -2.67. The molecule has 3 aliphatic heterocycles. The molecule has 0 spiro atoms. The first-order valence-electron chi connectivity index (χ1n) is 14.4. The van der Waals surface area contributed by atoms with Crippen LogP contribution in [-0.2, 0) is 32.5 Å². The third kappa shape index (κ3) is 5.58. The van der Waals surface area contributed by atoms with Crippen LogP contribution in [0.25, 0.3) is 10.8 Å². The van der Waals surface area contributed by atoms with Crippen molar-refractivity contribution in [1.82, 2.24) is 20.5 Å². The lowest BCUT2D eigenvalue weighted by Gasteiger charge is -2.40. The molecule has 2 aromatic carbocycles. The van der Waals surface area contributed by atoms with E-state index in [-0.39, 0.29) is 53.7 Å². The SMILES string of the molecule is CC1Cc2nc(C(=O)[N+]3(S(=O)(=O)c4ccc5ccc(C(=N)N)cc5c4)CCNC(CC(=O)N4CCOCC4)C3)sc2CN1. The smallest absolute Gasteiger partial charge is 0.384 e. The highest BCUT2D eigenvalue weighted by molar-refractivity contribution is 7.86. The summed E-state index contributed by atoms with van der Waals surface area (Å²) in [4.78, 5) is 35.0. The van der Waals surface area contributed by atoms with Gasteiger partial charge in [0.15, 0.2) is 0 Å². The fraction of sp³-hybridized carbons (Fsp3) is 0.448. The van der Waals surface area contributed by atoms with Gasteiger partial charge in [-0.3, -0.25) is 10.2 Å². The van der Waals surface area contributed by atoms with Crippen molar-refractivity contribution in [3.8, 4) is 0 Å². The van der Waals surface area contributed by atoms with Crippen LogP contribution < -0.4 is 16.4 Å². The zero-order valence-corrected chi connectivity index (χ0v) is 25.6. The van der Waals surface area contributed by atoms with Gasteiger partial charge in [0.05, 0.1) is 24.9 Å². The summed E-state index contributed by atoms with van der Waals surface area (Å²) < 4.78 is 34.0. The number of nitrogen functional groups attached to an aromatic ring is 1. The predicted molar refractivity (Wildman–Crippen MR) is 162 cm³/mol. The van der Waals surface area contributed by atoms with E-state index in [2.05, 4.69) is 15.6 Å². The highest BCUT2D eigenvalue weighted by Crippen LogP contribution is 2.34. The van der Waals surface area contributed by atoms with E-state index in [1.165, 1.54) is 17.4 Å². The Morgan fingerprint density at radius 1 is 1.16 bits per heavy atom. The van der Waals surface area contributed by atoms with Crippen molar-refractivity contribution in [2.75, 3.05) is 45.9 Å². The van der Waals surface area contributed by atoms with E-state index in [0.717, 1.165) is 16.0 Å². The summed E-state index contributed by atoms with van der Waals surface area (Å²) in [6.07, 6.45) is 0.728. The number of hydrogen-bond donors (Lipinski definition) is 4. The van der Waals surface area contributed by atoms with Gasteiger partial charge in [-0.1, -0.05) is 18.2 Å². The molecule has 4 heterocycles. The standard InChI is InChI=1S/C29H36N7O5S2/c1-18-12-24-25(16-33-18)42-28(34-24)29(38)36(9-6-32-22(17-36)15-26(37)35-7-10-41-11-8-35)43(39,40)23-5-4-19-2-3-20(27(30)31)13-21(19)14-23/h2-5,13-14,18,22,32-33H,6-12,15-17H2,1H3,(H3,30,31)/q+1. The normalized spacial score (nSPS) is 24.4. The number of aromatic nitrogens is 1. The van der Waals surface area contributed by atoms with Crippen molar-refractivity contribution in [1.29, 1.82) is 5.41 Å². The van der Waals surface area contributed by atoms with Crippen molar-refractivity contribution in [2.45, 2.75) is 43.3 Å². The number of nitrogens with zero attached hydrogens (tertiary/aromatic N) is 3. The second-order valence-electron chi connectivity index (χ2n) is 11.4. The first kappa shape index (κ1) is 29.8. The molecule has 5 N–H and O–H groups in total. The highest BCUT2D eigenvalue weighted by atomic mass is 32.2. The summed E-state index contributed by atoms with van der Waals surface area (Å²) in [5.41, 5.74) is 6.99. The number of sulfonamides is 1. The molecule has 3 unspecified atom stereocenters. The maximum atomic E-state index is 14.7. The lowest BCUT2D eigenvalue weighted by molar-refractivity contribution is -0.727. The van der Waals surface area contributed by atoms with Crippen molar-refractivity contribution >= 4 is 49.8 Å². The minimum Gasteiger partial charge on any atom is -0.384 e. The number of nitrogens with two attached hydrogens (primary N) is 1. The van der Waals surface area contributed by atoms with Crippen LogP contribution in [0.15, 0.2) is 41.3 Å². The fourth-order valence-corrected chi connectivity index (χ4v) is 9.14. The van der Waals surface area contributed by atoms with Crippen LogP contribution in [0.3, 0.4) is 0 Å². The summed E-state index contributed by atoms with van der Waals surface area (Å²) in [7, 11) is -4.33. The number of rotatable bonds is 6. The first-order chi connectivity index (χ1) is 20.6. The molecule has 43 heavy (non-hydrogen) atoms. The molecular weight excluding hydrogens is 590 g/mol. The van der Waals surface area contributed by atoms with Crippen LogP contribution in [0, 0.1) is 5.41 Å². The summed E-state index contributed by atoms with van der Waals surface area (Å²) in [5.74, 6) is -0.798. The van der Waals surface area contributed by atoms with Gasteiger partial charge in [-0.25, -0.2) is 9.78 Å². The van der Waals surface area contributed by atoms with Crippen molar-refractivity contribution in [3.63, 3.8) is 0 Å². The third-order valence-corrected chi connectivity index (χ3v) is 11.9. The van der Waals surface area contributed by atoms with Gasteiger partial charge >= 0.3 is 15.9 Å². The summed E-state index contributed by atoms with van der Waals surface area (Å²) in [6.45, 7) is 4.64. The van der Waals surface area contributed by atoms with E-state index in [1.807, 2.05) is 6.92 Å². The van der Waals surface area contributed by atoms with Gasteiger partial charge in [-0.05, 0) is 35.9 Å². The number of hydrogen-bond acceptors (Lipinski definition) is 10. The summed E-state index contributed by atoms with van der Waals surface area (Å²) in [5, 5.41) is 16.0. The molecule has 0 aliphatic carbocycles. The van der Waals surface area contributed by atoms with Crippen LogP contribution in [0.1, 0.15) is 39.3 Å². The average molecular weight is 627 g/mol. The van der Waals surface area contributed by atoms with Crippen molar-refractivity contribution in [3.05, 3.63) is 57.5 Å². The molecule has 2 fully saturated rings. The third-order valence-electron chi connectivity index (χ3n) is 8.53. The zero-order chi connectivity index (χ0) is 30.4. The Labute approximate surface area is 254 Å². The second kappa shape index (κ2) is 11.7. The molecule has 12 nitrogen and oxygen atoms in total. The first-order valence-corrected chi connectivity index (χ1v) is 16.7. The second-order valence-corrected chi connectivity index (χ2v) is 14.6. The molecule has 0 radical (unpaired) electrons. The molecule has 3 aromatic rings. The average Bonchev–Trinajstić information content (AvgIpc) is 3.43. The minimum absolute atomic E-state index is 0.00612. The maximum absolute atomic E-state index is 14.7. The van der Waals surface area contributed by atoms with Gasteiger partial charge in [0.2, 0.25) is 10.9 Å². The van der Waals surface area contributed by atoms with Crippen molar-refractivity contribution in [2.24, 2.45) is 5.73 Å². The van der Waals surface area contributed by atoms with E-state index >= 15 is 0 Å². The van der Waals surface area contributed by atoms with E-state index in [1.54, 1.807) is 35.2 Å². The number of morpholine rings is 1. The van der Waals surface area contributed by atoms with Crippen LogP contribution in [-0.4, -0.2) is 97.9 Å². The highest BCUT2D eigenvalue weighted by Gasteiger charge is 2.55. The maximum Gasteiger partial charge on any atom is 0.390 e. The van der Waals surface area contributed by atoms with Crippen LogP contribution >= 0.6 is 11.3 Å². The molecule has 2 amide bonds. The Morgan fingerprint density at radius 2 is 1.93 bits per heavy atom. The van der Waals surface area contributed by atoms with Gasteiger partial charge in [0.1, 0.15) is 23.8 Å². The van der Waals surface area contributed by atoms with Gasteiger partial charge in [0.25, 0.3) is 0 Å². The van der Waals surface area contributed by atoms with Crippen molar-refractivity contribution < 1.29 is 26.6 Å². The Balaban J connectivity index is 1.40. The number of benzene rings is 2. The Hall–Kier alpha value is -3.27. The molecule has 3 aliphatic rings. The molecule has 14 heteroatoms. The molecule has 1 aromatic heterocycles. The van der Waals surface area contributed by atoms with E-state index in [9.17, 15) is 18.0 Å². The van der Waals surface area contributed by atoms with E-state index in [0.29, 0.717) is 50.2 Å². The number of amidine groups is 1. The summed E-state index contributed by atoms with van der Waals surface area (Å²) in [6, 6.07) is 9.59. The molecule has 0 saturated carbocycles.